The van der Waals surface area contributed by atoms with Crippen molar-refractivity contribution in [2.75, 3.05) is 0 Å². The number of hydrogen-bond donors (Lipinski definition) is 0. The Labute approximate surface area is 105 Å². The number of hydrogen-bond acceptors (Lipinski definition) is 0. The van der Waals surface area contributed by atoms with Gasteiger partial charge in [-0.25, -0.2) is 0 Å². The van der Waals surface area contributed by atoms with Crippen molar-refractivity contribution in [2.24, 2.45) is 0 Å². The fraction of sp³-hybridized carbons (Fsp3) is 0.188. The molecule has 2 radical (unpaired) electrons. The van der Waals surface area contributed by atoms with E-state index in [0.29, 0.717) is 0 Å². The smallest absolute Gasteiger partial charge is 0.0656 e. The molecule has 0 heterocycles. The van der Waals surface area contributed by atoms with Crippen molar-refractivity contribution in [1.82, 2.24) is 0 Å². The molecule has 0 aliphatic heterocycles. The Bertz CT molecular complexity index is 480. The Hall–Kier alpha value is -1.34. The van der Waals surface area contributed by atoms with Gasteiger partial charge in [0.2, 0.25) is 0 Å². The van der Waals surface area contributed by atoms with Gasteiger partial charge in [-0.3, -0.25) is 0 Å². The second kappa shape index (κ2) is 4.88. The first-order chi connectivity index (χ1) is 8.07. The summed E-state index contributed by atoms with van der Waals surface area (Å²) in [5, 5.41) is 1.48. The van der Waals surface area contributed by atoms with Crippen LogP contribution in [0.4, 0.5) is 0 Å². The standard InChI is InChI=1S/C16H18Si/c1-17(2,3)16-12-8-7-11-15(16)13-14-9-5-4-6-10-14/h4-12H,1-3H3. The molecule has 0 aromatic heterocycles. The Kier molecular flexibility index (Phi) is 3.48. The topological polar surface area (TPSA) is 0 Å². The molecule has 0 saturated heterocycles. The lowest BCUT2D eigenvalue weighted by molar-refractivity contribution is 1.44. The van der Waals surface area contributed by atoms with Crippen LogP contribution in [-0.4, -0.2) is 8.07 Å². The molecule has 0 spiro atoms. The molecule has 0 unspecified atom stereocenters. The van der Waals surface area contributed by atoms with E-state index < -0.39 is 8.07 Å². The van der Waals surface area contributed by atoms with Crippen molar-refractivity contribution in [3.05, 3.63) is 72.1 Å². The molecule has 0 atom stereocenters. The maximum Gasteiger partial charge on any atom is 0.0780 e. The van der Waals surface area contributed by atoms with E-state index in [4.69, 9.17) is 0 Å². The van der Waals surface area contributed by atoms with Crippen molar-refractivity contribution >= 4 is 13.3 Å². The molecule has 0 saturated carbocycles. The predicted molar refractivity (Wildman–Crippen MR) is 77.3 cm³/mol. The lowest BCUT2D eigenvalue weighted by atomic mass is 10.1. The summed E-state index contributed by atoms with van der Waals surface area (Å²) in [7, 11) is -1.29. The molecular weight excluding hydrogens is 220 g/mol. The predicted octanol–water partition coefficient (Wildman–Crippen LogP) is 3.71. The van der Waals surface area contributed by atoms with Gasteiger partial charge in [-0.1, -0.05) is 79.4 Å². The third-order valence-electron chi connectivity index (χ3n) is 2.79. The maximum atomic E-state index is 3.51. The fourth-order valence-corrected chi connectivity index (χ4v) is 3.47. The highest BCUT2D eigenvalue weighted by molar-refractivity contribution is 6.89. The van der Waals surface area contributed by atoms with E-state index in [1.165, 1.54) is 10.8 Å². The molecule has 17 heavy (non-hydrogen) atoms. The third-order valence-corrected chi connectivity index (χ3v) is 4.84. The first-order valence-corrected chi connectivity index (χ1v) is 9.49. The lowest BCUT2D eigenvalue weighted by Crippen LogP contribution is -2.39. The number of benzene rings is 2. The first kappa shape index (κ1) is 12.1. The van der Waals surface area contributed by atoms with Gasteiger partial charge in [0.05, 0.1) is 14.5 Å². The average Bonchev–Trinajstić information content (AvgIpc) is 2.30. The summed E-state index contributed by atoms with van der Waals surface area (Å²) in [6.45, 7) is 7.12. The molecule has 1 heteroatoms. The summed E-state index contributed by atoms with van der Waals surface area (Å²) in [5.41, 5.74) is 2.40. The van der Waals surface area contributed by atoms with Crippen LogP contribution in [0.2, 0.25) is 19.6 Å². The summed E-state index contributed by atoms with van der Waals surface area (Å²) in [4.78, 5) is 0. The molecule has 86 valence electrons. The fourth-order valence-electron chi connectivity index (χ4n) is 1.92. The van der Waals surface area contributed by atoms with E-state index in [0.717, 1.165) is 5.56 Å². The second-order valence-corrected chi connectivity index (χ2v) is 10.3. The van der Waals surface area contributed by atoms with Gasteiger partial charge in [0.1, 0.15) is 0 Å². The summed E-state index contributed by atoms with van der Waals surface area (Å²) in [6.07, 6.45) is 3.51. The SMILES string of the molecule is C[Si](C)(C)c1ccccc1[C]c1ccccc1. The second-order valence-electron chi connectivity index (χ2n) is 5.29. The minimum atomic E-state index is -1.29. The molecule has 2 aromatic rings. The summed E-state index contributed by atoms with van der Waals surface area (Å²) in [5.74, 6) is 0. The molecule has 2 aromatic carbocycles. The van der Waals surface area contributed by atoms with Crippen molar-refractivity contribution in [3.63, 3.8) is 0 Å². The Morgan fingerprint density at radius 3 is 2.00 bits per heavy atom. The molecule has 0 amide bonds. The van der Waals surface area contributed by atoms with Gasteiger partial charge in [0.15, 0.2) is 0 Å². The Morgan fingerprint density at radius 2 is 1.35 bits per heavy atom. The first-order valence-electron chi connectivity index (χ1n) is 5.99. The van der Waals surface area contributed by atoms with Gasteiger partial charge in [0, 0.05) is 0 Å². The zero-order chi connectivity index (χ0) is 12.3. The maximum absolute atomic E-state index is 3.51. The molecule has 0 N–H and O–H groups in total. The molecule has 0 aliphatic carbocycles. The van der Waals surface area contributed by atoms with Crippen LogP contribution >= 0.6 is 0 Å². The van der Waals surface area contributed by atoms with Crippen LogP contribution in [0.15, 0.2) is 54.6 Å². The molecular formula is C16H18Si. The van der Waals surface area contributed by atoms with Crippen LogP contribution in [0.1, 0.15) is 11.1 Å². The van der Waals surface area contributed by atoms with Gasteiger partial charge in [-0.2, -0.15) is 0 Å². The van der Waals surface area contributed by atoms with Crippen LogP contribution in [-0.2, 0) is 0 Å². The third kappa shape index (κ3) is 3.07. The summed E-state index contributed by atoms with van der Waals surface area (Å²) >= 11 is 0. The average molecular weight is 238 g/mol. The molecule has 0 aliphatic rings. The van der Waals surface area contributed by atoms with Crippen LogP contribution in [0.25, 0.3) is 0 Å². The highest BCUT2D eigenvalue weighted by atomic mass is 28.3. The van der Waals surface area contributed by atoms with Gasteiger partial charge in [0.25, 0.3) is 0 Å². The van der Waals surface area contributed by atoms with Crippen molar-refractivity contribution < 1.29 is 0 Å². The van der Waals surface area contributed by atoms with Gasteiger partial charge in [-0.15, -0.1) is 0 Å². The van der Waals surface area contributed by atoms with Crippen LogP contribution in [0, 0.1) is 6.42 Å². The Morgan fingerprint density at radius 1 is 0.765 bits per heavy atom. The van der Waals surface area contributed by atoms with E-state index >= 15 is 0 Å². The van der Waals surface area contributed by atoms with Crippen LogP contribution < -0.4 is 5.19 Å². The molecule has 2 rings (SSSR count). The van der Waals surface area contributed by atoms with Crippen molar-refractivity contribution in [3.8, 4) is 0 Å². The molecule has 0 nitrogen and oxygen atoms in total. The minimum absolute atomic E-state index is 1.15. The van der Waals surface area contributed by atoms with E-state index in [-0.39, 0.29) is 0 Å². The van der Waals surface area contributed by atoms with Crippen LogP contribution in [0.5, 0.6) is 0 Å². The van der Waals surface area contributed by atoms with E-state index in [2.05, 4.69) is 74.6 Å². The highest BCUT2D eigenvalue weighted by Gasteiger charge is 2.19. The zero-order valence-corrected chi connectivity index (χ0v) is 11.7. The lowest BCUT2D eigenvalue weighted by Gasteiger charge is -2.20. The van der Waals surface area contributed by atoms with Gasteiger partial charge in [-0.05, 0) is 11.1 Å². The Balaban J connectivity index is 2.34. The molecule has 0 fully saturated rings. The minimum Gasteiger partial charge on any atom is -0.0656 e. The van der Waals surface area contributed by atoms with Crippen molar-refractivity contribution in [2.45, 2.75) is 19.6 Å². The normalized spacial score (nSPS) is 11.5. The monoisotopic (exact) mass is 238 g/mol. The summed E-state index contributed by atoms with van der Waals surface area (Å²) in [6, 6.07) is 19.0. The zero-order valence-electron chi connectivity index (χ0n) is 10.7. The van der Waals surface area contributed by atoms with Crippen LogP contribution in [0.3, 0.4) is 0 Å². The van der Waals surface area contributed by atoms with E-state index in [1.807, 2.05) is 6.07 Å². The van der Waals surface area contributed by atoms with Gasteiger partial charge >= 0.3 is 0 Å². The van der Waals surface area contributed by atoms with Gasteiger partial charge < -0.3 is 0 Å². The van der Waals surface area contributed by atoms with E-state index in [1.54, 1.807) is 0 Å². The van der Waals surface area contributed by atoms with E-state index in [9.17, 15) is 0 Å². The largest absolute Gasteiger partial charge is 0.0780 e. The summed E-state index contributed by atoms with van der Waals surface area (Å²) < 4.78 is 0. The molecule has 0 bridgehead atoms. The quantitative estimate of drug-likeness (QED) is 0.715. The highest BCUT2D eigenvalue weighted by Crippen LogP contribution is 2.13. The number of rotatable bonds is 3. The van der Waals surface area contributed by atoms with Crippen molar-refractivity contribution in [1.29, 1.82) is 0 Å².